The molecule has 0 spiro atoms. The number of hydrogen-bond acceptors (Lipinski definition) is 5. The van der Waals surface area contributed by atoms with Crippen LogP contribution in [0.3, 0.4) is 0 Å². The number of carbonyl (C=O) groups is 2. The standard InChI is InChI=1S/C13H18N4O3/c1-13(2,3)20-12(19)17-7-4-9(17)11(18)16-10-8-14-5-6-15-10/h5-6,8-9H,4,7H2,1-3H3,(H,15,16,18)/t9-/m0/s1. The molecule has 1 aromatic heterocycles. The third kappa shape index (κ3) is 3.43. The Morgan fingerprint density at radius 3 is 2.65 bits per heavy atom. The zero-order valence-electron chi connectivity index (χ0n) is 11.8. The second kappa shape index (κ2) is 5.44. The van der Waals surface area contributed by atoms with E-state index in [1.165, 1.54) is 23.5 Å². The van der Waals surface area contributed by atoms with Crippen molar-refractivity contribution in [3.05, 3.63) is 18.6 Å². The predicted octanol–water partition coefficient (Wildman–Crippen LogP) is 1.42. The highest BCUT2D eigenvalue weighted by Crippen LogP contribution is 2.22. The Labute approximate surface area is 117 Å². The number of likely N-dealkylation sites (tertiary alicyclic amines) is 1. The van der Waals surface area contributed by atoms with Crippen LogP contribution in [0.5, 0.6) is 0 Å². The maximum absolute atomic E-state index is 12.0. The van der Waals surface area contributed by atoms with Crippen LogP contribution >= 0.6 is 0 Å². The first-order valence-electron chi connectivity index (χ1n) is 6.43. The lowest BCUT2D eigenvalue weighted by Crippen LogP contribution is -2.57. The highest BCUT2D eigenvalue weighted by molar-refractivity contribution is 5.96. The van der Waals surface area contributed by atoms with Gasteiger partial charge >= 0.3 is 6.09 Å². The van der Waals surface area contributed by atoms with Gasteiger partial charge in [-0.25, -0.2) is 9.78 Å². The van der Waals surface area contributed by atoms with Crippen LogP contribution in [-0.4, -0.2) is 45.1 Å². The Hall–Kier alpha value is -2.18. The molecule has 0 radical (unpaired) electrons. The summed E-state index contributed by atoms with van der Waals surface area (Å²) in [6.45, 7) is 5.89. The molecule has 0 saturated carbocycles. The van der Waals surface area contributed by atoms with E-state index in [-0.39, 0.29) is 5.91 Å². The molecular weight excluding hydrogens is 260 g/mol. The summed E-state index contributed by atoms with van der Waals surface area (Å²) in [7, 11) is 0. The van der Waals surface area contributed by atoms with E-state index in [1.807, 2.05) is 0 Å². The number of ether oxygens (including phenoxy) is 1. The highest BCUT2D eigenvalue weighted by atomic mass is 16.6. The molecule has 1 aliphatic rings. The molecule has 2 rings (SSSR count). The normalized spacial score (nSPS) is 18.1. The lowest BCUT2D eigenvalue weighted by Gasteiger charge is -2.39. The Morgan fingerprint density at radius 1 is 1.40 bits per heavy atom. The predicted molar refractivity (Wildman–Crippen MR) is 72.0 cm³/mol. The van der Waals surface area contributed by atoms with Gasteiger partial charge in [-0.15, -0.1) is 0 Å². The van der Waals surface area contributed by atoms with Crippen LogP contribution in [0.1, 0.15) is 27.2 Å². The molecule has 1 aromatic rings. The van der Waals surface area contributed by atoms with Crippen LogP contribution in [0.2, 0.25) is 0 Å². The summed E-state index contributed by atoms with van der Waals surface area (Å²) < 4.78 is 5.25. The Bertz CT molecular complexity index is 498. The van der Waals surface area contributed by atoms with E-state index in [0.29, 0.717) is 18.8 Å². The number of carbonyl (C=O) groups excluding carboxylic acids is 2. The van der Waals surface area contributed by atoms with Crippen LogP contribution in [0.4, 0.5) is 10.6 Å². The zero-order chi connectivity index (χ0) is 14.8. The van der Waals surface area contributed by atoms with Gasteiger partial charge in [0, 0.05) is 18.9 Å². The second-order valence-corrected chi connectivity index (χ2v) is 5.56. The quantitative estimate of drug-likeness (QED) is 0.884. The maximum atomic E-state index is 12.0. The first-order valence-corrected chi connectivity index (χ1v) is 6.43. The number of aromatic nitrogens is 2. The monoisotopic (exact) mass is 278 g/mol. The first-order chi connectivity index (χ1) is 9.37. The number of rotatable bonds is 2. The minimum Gasteiger partial charge on any atom is -0.444 e. The molecule has 20 heavy (non-hydrogen) atoms. The second-order valence-electron chi connectivity index (χ2n) is 5.56. The van der Waals surface area contributed by atoms with Crippen molar-refractivity contribution >= 4 is 17.8 Å². The molecule has 0 aromatic carbocycles. The van der Waals surface area contributed by atoms with E-state index >= 15 is 0 Å². The highest BCUT2D eigenvalue weighted by Gasteiger charge is 2.39. The number of amides is 2. The molecule has 0 aliphatic carbocycles. The summed E-state index contributed by atoms with van der Waals surface area (Å²) >= 11 is 0. The SMILES string of the molecule is CC(C)(C)OC(=O)N1CC[C@H]1C(=O)Nc1cnccn1. The lowest BCUT2D eigenvalue weighted by molar-refractivity contribution is -0.125. The fourth-order valence-electron chi connectivity index (χ4n) is 1.77. The topological polar surface area (TPSA) is 84.4 Å². The van der Waals surface area contributed by atoms with Gasteiger partial charge in [0.2, 0.25) is 5.91 Å². The summed E-state index contributed by atoms with van der Waals surface area (Å²) in [5, 5.41) is 2.63. The van der Waals surface area contributed by atoms with E-state index in [2.05, 4.69) is 15.3 Å². The van der Waals surface area contributed by atoms with Crippen LogP contribution in [0, 0.1) is 0 Å². The van der Waals surface area contributed by atoms with E-state index in [4.69, 9.17) is 4.74 Å². The van der Waals surface area contributed by atoms with Crippen molar-refractivity contribution in [3.63, 3.8) is 0 Å². The average Bonchev–Trinajstić information content (AvgIpc) is 2.25. The first kappa shape index (κ1) is 14.2. The van der Waals surface area contributed by atoms with Crippen molar-refractivity contribution in [2.45, 2.75) is 38.8 Å². The minimum absolute atomic E-state index is 0.275. The lowest BCUT2D eigenvalue weighted by atomic mass is 10.0. The van der Waals surface area contributed by atoms with Crippen LogP contribution < -0.4 is 5.32 Å². The number of anilines is 1. The third-order valence-corrected chi connectivity index (χ3v) is 2.76. The average molecular weight is 278 g/mol. The van der Waals surface area contributed by atoms with Crippen molar-refractivity contribution < 1.29 is 14.3 Å². The number of hydrogen-bond donors (Lipinski definition) is 1. The van der Waals surface area contributed by atoms with E-state index in [1.54, 1.807) is 20.8 Å². The summed E-state index contributed by atoms with van der Waals surface area (Å²) in [6, 6.07) is -0.508. The maximum Gasteiger partial charge on any atom is 0.410 e. The molecule has 1 atom stereocenters. The molecule has 2 amide bonds. The fraction of sp³-hybridized carbons (Fsp3) is 0.538. The Morgan fingerprint density at radius 2 is 2.15 bits per heavy atom. The van der Waals surface area contributed by atoms with Gasteiger partial charge in [-0.3, -0.25) is 14.7 Å². The van der Waals surface area contributed by atoms with Gasteiger partial charge in [-0.2, -0.15) is 0 Å². The van der Waals surface area contributed by atoms with Crippen LogP contribution in [-0.2, 0) is 9.53 Å². The summed E-state index contributed by atoms with van der Waals surface area (Å²) in [5.41, 5.74) is -0.571. The van der Waals surface area contributed by atoms with Crippen LogP contribution in [0.25, 0.3) is 0 Å². The fourth-order valence-corrected chi connectivity index (χ4v) is 1.77. The van der Waals surface area contributed by atoms with E-state index in [9.17, 15) is 9.59 Å². The van der Waals surface area contributed by atoms with Gasteiger partial charge in [0.05, 0.1) is 6.20 Å². The van der Waals surface area contributed by atoms with Gasteiger partial charge in [0.25, 0.3) is 0 Å². The van der Waals surface area contributed by atoms with Gasteiger partial charge in [-0.1, -0.05) is 0 Å². The molecule has 7 nitrogen and oxygen atoms in total. The van der Waals surface area contributed by atoms with Crippen molar-refractivity contribution in [3.8, 4) is 0 Å². The smallest absolute Gasteiger partial charge is 0.410 e. The molecule has 1 saturated heterocycles. The summed E-state index contributed by atoms with van der Waals surface area (Å²) in [5.74, 6) is 0.0937. The molecule has 108 valence electrons. The van der Waals surface area contributed by atoms with Crippen molar-refractivity contribution in [1.29, 1.82) is 0 Å². The van der Waals surface area contributed by atoms with Crippen LogP contribution in [0.15, 0.2) is 18.6 Å². The third-order valence-electron chi connectivity index (χ3n) is 2.76. The summed E-state index contributed by atoms with van der Waals surface area (Å²) in [6.07, 6.45) is 4.61. The zero-order valence-corrected chi connectivity index (χ0v) is 11.8. The van der Waals surface area contributed by atoms with Crippen molar-refractivity contribution in [2.75, 3.05) is 11.9 Å². The molecule has 0 bridgehead atoms. The Balaban J connectivity index is 1.93. The van der Waals surface area contributed by atoms with Gasteiger partial charge in [0.1, 0.15) is 11.6 Å². The largest absolute Gasteiger partial charge is 0.444 e. The van der Waals surface area contributed by atoms with E-state index in [0.717, 1.165) is 0 Å². The number of nitrogens with one attached hydrogen (secondary N) is 1. The summed E-state index contributed by atoms with van der Waals surface area (Å²) in [4.78, 5) is 33.2. The van der Waals surface area contributed by atoms with Crippen molar-refractivity contribution in [2.24, 2.45) is 0 Å². The number of nitrogens with zero attached hydrogens (tertiary/aromatic N) is 3. The van der Waals surface area contributed by atoms with Gasteiger partial charge in [0.15, 0.2) is 5.82 Å². The molecule has 1 N–H and O–H groups in total. The van der Waals surface area contributed by atoms with Gasteiger partial charge < -0.3 is 10.1 Å². The molecule has 1 fully saturated rings. The van der Waals surface area contributed by atoms with Crippen molar-refractivity contribution in [1.82, 2.24) is 14.9 Å². The Kier molecular flexibility index (Phi) is 3.87. The molecule has 2 heterocycles. The minimum atomic E-state index is -0.571. The molecular formula is C13H18N4O3. The van der Waals surface area contributed by atoms with E-state index < -0.39 is 17.7 Å². The molecule has 0 unspecified atom stereocenters. The molecule has 1 aliphatic heterocycles. The van der Waals surface area contributed by atoms with Gasteiger partial charge in [-0.05, 0) is 27.2 Å². The molecule has 7 heteroatoms.